The van der Waals surface area contributed by atoms with Crippen molar-refractivity contribution >= 4 is 0 Å². The van der Waals surface area contributed by atoms with Crippen molar-refractivity contribution in [2.45, 2.75) is 61.5 Å². The fraction of sp³-hybridized carbons (Fsp3) is 0.647. The molecule has 0 spiro atoms. The topological polar surface area (TPSA) is 20.2 Å². The van der Waals surface area contributed by atoms with Gasteiger partial charge in [-0.25, -0.2) is 0 Å². The van der Waals surface area contributed by atoms with Crippen LogP contribution in [0.5, 0.6) is 0 Å². The molecule has 2 unspecified atom stereocenters. The van der Waals surface area contributed by atoms with Crippen LogP contribution in [-0.4, -0.2) is 5.11 Å². The molecule has 2 atom stereocenters. The van der Waals surface area contributed by atoms with Gasteiger partial charge in [0.05, 0.1) is 6.10 Å². The van der Waals surface area contributed by atoms with Gasteiger partial charge in [0.2, 0.25) is 0 Å². The Bertz CT molecular complexity index is 414. The quantitative estimate of drug-likeness (QED) is 0.831. The molecule has 1 rings (SSSR count). The summed E-state index contributed by atoms with van der Waals surface area (Å²) in [6.07, 6.45) is -0.358. The zero-order valence-electron chi connectivity index (χ0n) is 13.2. The Kier molecular flexibility index (Phi) is 4.61. The molecule has 1 heteroatoms. The molecule has 0 amide bonds. The monoisotopic (exact) mass is 248 g/mol. The Hall–Kier alpha value is -0.820. The average Bonchev–Trinajstić information content (AvgIpc) is 2.32. The van der Waals surface area contributed by atoms with E-state index in [4.69, 9.17) is 0 Å². The molecule has 1 nitrogen and oxygen atoms in total. The zero-order chi connectivity index (χ0) is 14.2. The van der Waals surface area contributed by atoms with Crippen LogP contribution in [-0.2, 0) is 0 Å². The van der Waals surface area contributed by atoms with Crippen molar-refractivity contribution in [3.63, 3.8) is 0 Å². The normalized spacial score (nSPS) is 15.0. The highest BCUT2D eigenvalue weighted by Crippen LogP contribution is 2.35. The second kappa shape index (κ2) is 5.44. The lowest BCUT2D eigenvalue weighted by Gasteiger charge is -2.28. The van der Waals surface area contributed by atoms with Crippen LogP contribution in [0, 0.1) is 46.5 Å². The maximum atomic E-state index is 10.7. The van der Waals surface area contributed by atoms with E-state index in [9.17, 15) is 5.11 Å². The molecule has 1 aromatic carbocycles. The molecular weight excluding hydrogens is 220 g/mol. The highest BCUT2D eigenvalue weighted by molar-refractivity contribution is 5.50. The molecule has 0 heterocycles. The fourth-order valence-electron chi connectivity index (χ4n) is 2.60. The van der Waals surface area contributed by atoms with Crippen LogP contribution in [0.4, 0.5) is 0 Å². The molecule has 1 N–H and O–H groups in total. The van der Waals surface area contributed by atoms with Gasteiger partial charge >= 0.3 is 0 Å². The lowest BCUT2D eigenvalue weighted by molar-refractivity contribution is 0.0908. The molecule has 0 saturated heterocycles. The third kappa shape index (κ3) is 2.47. The number of hydrogen-bond donors (Lipinski definition) is 1. The summed E-state index contributed by atoms with van der Waals surface area (Å²) < 4.78 is 0. The first-order valence-electron chi connectivity index (χ1n) is 6.95. The van der Waals surface area contributed by atoms with Crippen molar-refractivity contribution in [3.05, 3.63) is 33.4 Å². The van der Waals surface area contributed by atoms with E-state index in [2.05, 4.69) is 55.4 Å². The lowest BCUT2D eigenvalue weighted by Crippen LogP contribution is -2.18. The average molecular weight is 248 g/mol. The Morgan fingerprint density at radius 3 is 1.33 bits per heavy atom. The second-order valence-electron chi connectivity index (χ2n) is 6.09. The van der Waals surface area contributed by atoms with E-state index in [1.165, 1.54) is 27.8 Å². The first-order valence-corrected chi connectivity index (χ1v) is 6.95. The van der Waals surface area contributed by atoms with Gasteiger partial charge < -0.3 is 5.11 Å². The predicted molar refractivity (Wildman–Crippen MR) is 79.1 cm³/mol. The Morgan fingerprint density at radius 2 is 1.00 bits per heavy atom. The number of hydrogen-bond acceptors (Lipinski definition) is 1. The van der Waals surface area contributed by atoms with Gasteiger partial charge in [0.25, 0.3) is 0 Å². The summed E-state index contributed by atoms with van der Waals surface area (Å²) in [7, 11) is 0. The van der Waals surface area contributed by atoms with Crippen molar-refractivity contribution in [2.24, 2.45) is 11.8 Å². The van der Waals surface area contributed by atoms with Gasteiger partial charge in [-0.15, -0.1) is 0 Å². The summed E-state index contributed by atoms with van der Waals surface area (Å²) in [5, 5.41) is 10.7. The van der Waals surface area contributed by atoms with E-state index in [-0.39, 0.29) is 12.0 Å². The van der Waals surface area contributed by atoms with E-state index in [0.717, 1.165) is 5.56 Å². The van der Waals surface area contributed by atoms with Crippen LogP contribution in [0.25, 0.3) is 0 Å². The lowest BCUT2D eigenvalue weighted by atomic mass is 9.81. The Balaban J connectivity index is 3.42. The maximum absolute atomic E-state index is 10.7. The van der Waals surface area contributed by atoms with E-state index >= 15 is 0 Å². The molecule has 18 heavy (non-hydrogen) atoms. The van der Waals surface area contributed by atoms with Gasteiger partial charge in [-0.1, -0.05) is 20.8 Å². The Labute approximate surface area is 112 Å². The molecule has 0 aliphatic rings. The smallest absolute Gasteiger partial charge is 0.0823 e. The molecule has 102 valence electrons. The van der Waals surface area contributed by atoms with E-state index < -0.39 is 0 Å². The van der Waals surface area contributed by atoms with Gasteiger partial charge in [0, 0.05) is 0 Å². The molecule has 0 saturated carbocycles. The molecule has 0 fully saturated rings. The summed E-state index contributed by atoms with van der Waals surface area (Å²) in [6, 6.07) is 0. The molecule has 0 aliphatic carbocycles. The minimum Gasteiger partial charge on any atom is -0.388 e. The minimum atomic E-state index is -0.358. The first kappa shape index (κ1) is 15.2. The van der Waals surface area contributed by atoms with Crippen LogP contribution in [0.3, 0.4) is 0 Å². The third-order valence-electron chi connectivity index (χ3n) is 4.90. The molecular formula is C17H28O. The molecule has 0 aromatic heterocycles. The molecule has 0 bridgehead atoms. The second-order valence-corrected chi connectivity index (χ2v) is 6.09. The summed E-state index contributed by atoms with van der Waals surface area (Å²) in [6.45, 7) is 17.3. The van der Waals surface area contributed by atoms with Crippen molar-refractivity contribution < 1.29 is 5.11 Å². The standard InChI is InChI=1S/C17H28O/c1-9(2)10(3)17(18)16-14(7)12(5)11(4)13(6)15(16)8/h9-10,17-18H,1-8H3. The zero-order valence-corrected chi connectivity index (χ0v) is 13.2. The predicted octanol–water partition coefficient (Wildman–Crippen LogP) is 4.55. The maximum Gasteiger partial charge on any atom is 0.0823 e. The Morgan fingerprint density at radius 1 is 0.667 bits per heavy atom. The van der Waals surface area contributed by atoms with E-state index in [0.29, 0.717) is 5.92 Å². The molecule has 0 radical (unpaired) electrons. The van der Waals surface area contributed by atoms with Crippen molar-refractivity contribution in [2.75, 3.05) is 0 Å². The largest absolute Gasteiger partial charge is 0.388 e. The fourth-order valence-corrected chi connectivity index (χ4v) is 2.60. The van der Waals surface area contributed by atoms with Gasteiger partial charge in [-0.05, 0) is 79.8 Å². The number of benzene rings is 1. The summed E-state index contributed by atoms with van der Waals surface area (Å²) in [5.74, 6) is 0.768. The van der Waals surface area contributed by atoms with Crippen LogP contribution >= 0.6 is 0 Å². The molecule has 0 aliphatic heterocycles. The van der Waals surface area contributed by atoms with Crippen molar-refractivity contribution in [3.8, 4) is 0 Å². The van der Waals surface area contributed by atoms with Gasteiger partial charge in [0.15, 0.2) is 0 Å². The minimum absolute atomic E-state index is 0.281. The van der Waals surface area contributed by atoms with Crippen LogP contribution in [0.1, 0.15) is 60.3 Å². The van der Waals surface area contributed by atoms with Crippen LogP contribution in [0.15, 0.2) is 0 Å². The van der Waals surface area contributed by atoms with Crippen molar-refractivity contribution in [1.82, 2.24) is 0 Å². The number of aliphatic hydroxyl groups excluding tert-OH is 1. The van der Waals surface area contributed by atoms with Gasteiger partial charge in [-0.3, -0.25) is 0 Å². The van der Waals surface area contributed by atoms with Crippen LogP contribution < -0.4 is 0 Å². The van der Waals surface area contributed by atoms with Crippen molar-refractivity contribution in [1.29, 1.82) is 0 Å². The van der Waals surface area contributed by atoms with Gasteiger partial charge in [0.1, 0.15) is 0 Å². The number of aliphatic hydroxyl groups is 1. The summed E-state index contributed by atoms with van der Waals surface area (Å²) in [4.78, 5) is 0. The third-order valence-corrected chi connectivity index (χ3v) is 4.90. The summed E-state index contributed by atoms with van der Waals surface area (Å²) in [5.41, 5.74) is 7.67. The summed E-state index contributed by atoms with van der Waals surface area (Å²) >= 11 is 0. The highest BCUT2D eigenvalue weighted by Gasteiger charge is 2.24. The SMILES string of the molecule is Cc1c(C)c(C)c(C(O)C(C)C(C)C)c(C)c1C. The first-order chi connectivity index (χ1) is 8.20. The van der Waals surface area contributed by atoms with Gasteiger partial charge in [-0.2, -0.15) is 0 Å². The highest BCUT2D eigenvalue weighted by atomic mass is 16.3. The van der Waals surface area contributed by atoms with Crippen LogP contribution in [0.2, 0.25) is 0 Å². The van der Waals surface area contributed by atoms with E-state index in [1.54, 1.807) is 0 Å². The number of rotatable bonds is 3. The van der Waals surface area contributed by atoms with E-state index in [1.807, 2.05) is 0 Å². The molecule has 1 aromatic rings.